The minimum Gasteiger partial charge on any atom is -0.326 e. The standard InChI is InChI=1S/C13H15N3O2S/c1-10-9-15-6-5-13(10)16-19(17,18)12-4-2-3-11(7-12)8-14/h2-7,9H,8,14H2,1H3,(H,15,16). The lowest BCUT2D eigenvalue weighted by molar-refractivity contribution is 0.601. The molecular formula is C13H15N3O2S. The highest BCUT2D eigenvalue weighted by atomic mass is 32.2. The van der Waals surface area contributed by atoms with Crippen LogP contribution in [0.15, 0.2) is 47.6 Å². The maximum absolute atomic E-state index is 12.2. The van der Waals surface area contributed by atoms with Crippen LogP contribution in [-0.4, -0.2) is 13.4 Å². The molecule has 2 aromatic rings. The van der Waals surface area contributed by atoms with Crippen molar-refractivity contribution in [3.05, 3.63) is 53.9 Å². The molecule has 0 saturated carbocycles. The van der Waals surface area contributed by atoms with E-state index < -0.39 is 10.0 Å². The summed E-state index contributed by atoms with van der Waals surface area (Å²) in [6.07, 6.45) is 3.15. The molecule has 0 unspecified atom stereocenters. The molecule has 0 aliphatic rings. The topological polar surface area (TPSA) is 85.1 Å². The Kier molecular flexibility index (Phi) is 3.82. The van der Waals surface area contributed by atoms with Crippen LogP contribution >= 0.6 is 0 Å². The second-order valence-electron chi connectivity index (χ2n) is 4.15. The van der Waals surface area contributed by atoms with Crippen LogP contribution in [0.2, 0.25) is 0 Å². The Morgan fingerprint density at radius 3 is 2.79 bits per heavy atom. The van der Waals surface area contributed by atoms with Crippen molar-refractivity contribution in [3.8, 4) is 0 Å². The van der Waals surface area contributed by atoms with E-state index in [2.05, 4.69) is 9.71 Å². The third-order valence-electron chi connectivity index (χ3n) is 2.71. The van der Waals surface area contributed by atoms with Crippen molar-refractivity contribution in [2.75, 3.05) is 4.72 Å². The number of rotatable bonds is 4. The first-order chi connectivity index (χ1) is 9.03. The van der Waals surface area contributed by atoms with Crippen LogP contribution < -0.4 is 10.5 Å². The molecular weight excluding hydrogens is 262 g/mol. The predicted octanol–water partition coefficient (Wildman–Crippen LogP) is 1.65. The van der Waals surface area contributed by atoms with Crippen LogP contribution in [-0.2, 0) is 16.6 Å². The van der Waals surface area contributed by atoms with Gasteiger partial charge in [-0.3, -0.25) is 9.71 Å². The van der Waals surface area contributed by atoms with Crippen molar-refractivity contribution < 1.29 is 8.42 Å². The lowest BCUT2D eigenvalue weighted by atomic mass is 10.2. The first-order valence-corrected chi connectivity index (χ1v) is 7.23. The summed E-state index contributed by atoms with van der Waals surface area (Å²) in [6, 6.07) is 8.20. The highest BCUT2D eigenvalue weighted by Gasteiger charge is 2.15. The Morgan fingerprint density at radius 1 is 1.32 bits per heavy atom. The third-order valence-corrected chi connectivity index (χ3v) is 4.07. The number of benzene rings is 1. The fourth-order valence-electron chi connectivity index (χ4n) is 1.63. The van der Waals surface area contributed by atoms with Crippen molar-refractivity contribution in [1.82, 2.24) is 4.98 Å². The number of nitrogens with two attached hydrogens (primary N) is 1. The van der Waals surface area contributed by atoms with Gasteiger partial charge in [0.15, 0.2) is 0 Å². The van der Waals surface area contributed by atoms with E-state index in [4.69, 9.17) is 5.73 Å². The first kappa shape index (κ1) is 13.5. The molecule has 0 saturated heterocycles. The van der Waals surface area contributed by atoms with Gasteiger partial charge >= 0.3 is 0 Å². The van der Waals surface area contributed by atoms with E-state index in [9.17, 15) is 8.42 Å². The smallest absolute Gasteiger partial charge is 0.261 e. The first-order valence-electron chi connectivity index (χ1n) is 5.75. The largest absolute Gasteiger partial charge is 0.326 e. The monoisotopic (exact) mass is 277 g/mol. The SMILES string of the molecule is Cc1cnccc1NS(=O)(=O)c1cccc(CN)c1. The molecule has 19 heavy (non-hydrogen) atoms. The Balaban J connectivity index is 2.35. The number of nitrogens with one attached hydrogen (secondary N) is 1. The molecule has 2 rings (SSSR count). The van der Waals surface area contributed by atoms with Crippen LogP contribution in [0.1, 0.15) is 11.1 Å². The maximum Gasteiger partial charge on any atom is 0.261 e. The minimum absolute atomic E-state index is 0.201. The van der Waals surface area contributed by atoms with Crippen LogP contribution in [0.4, 0.5) is 5.69 Å². The third kappa shape index (κ3) is 3.10. The van der Waals surface area contributed by atoms with Crippen molar-refractivity contribution in [3.63, 3.8) is 0 Å². The van der Waals surface area contributed by atoms with Crippen molar-refractivity contribution in [2.45, 2.75) is 18.4 Å². The van der Waals surface area contributed by atoms with E-state index in [1.54, 1.807) is 43.6 Å². The van der Waals surface area contributed by atoms with Gasteiger partial charge in [0.25, 0.3) is 10.0 Å². The summed E-state index contributed by atoms with van der Waals surface area (Å²) >= 11 is 0. The molecule has 1 heterocycles. The summed E-state index contributed by atoms with van der Waals surface area (Å²) in [7, 11) is -3.60. The molecule has 1 aromatic carbocycles. The van der Waals surface area contributed by atoms with E-state index in [1.807, 2.05) is 0 Å². The van der Waals surface area contributed by atoms with Crippen molar-refractivity contribution in [1.29, 1.82) is 0 Å². The molecule has 3 N–H and O–H groups in total. The fraction of sp³-hybridized carbons (Fsp3) is 0.154. The Labute approximate surface area is 112 Å². The summed E-state index contributed by atoms with van der Waals surface area (Å²) in [5, 5.41) is 0. The lowest BCUT2D eigenvalue weighted by Crippen LogP contribution is -2.14. The fourth-order valence-corrected chi connectivity index (χ4v) is 2.83. The summed E-state index contributed by atoms with van der Waals surface area (Å²) in [6.45, 7) is 2.10. The number of hydrogen-bond acceptors (Lipinski definition) is 4. The molecule has 0 aliphatic heterocycles. The van der Waals surface area contributed by atoms with E-state index >= 15 is 0 Å². The summed E-state index contributed by atoms with van der Waals surface area (Å²) in [5.74, 6) is 0. The molecule has 0 amide bonds. The Bertz CT molecular complexity index is 684. The molecule has 0 bridgehead atoms. The maximum atomic E-state index is 12.2. The normalized spacial score (nSPS) is 11.3. The van der Waals surface area contributed by atoms with Gasteiger partial charge in [0.2, 0.25) is 0 Å². The quantitative estimate of drug-likeness (QED) is 0.889. The zero-order valence-electron chi connectivity index (χ0n) is 10.5. The van der Waals surface area contributed by atoms with Gasteiger partial charge < -0.3 is 5.73 Å². The van der Waals surface area contributed by atoms with E-state index in [1.165, 1.54) is 6.07 Å². The van der Waals surface area contributed by atoms with Gasteiger partial charge in [-0.05, 0) is 36.2 Å². The average Bonchev–Trinajstić information content (AvgIpc) is 2.41. The molecule has 5 nitrogen and oxygen atoms in total. The van der Waals surface area contributed by atoms with Gasteiger partial charge in [0, 0.05) is 18.9 Å². The Hall–Kier alpha value is -1.92. The van der Waals surface area contributed by atoms with Crippen molar-refractivity contribution >= 4 is 15.7 Å². The van der Waals surface area contributed by atoms with Gasteiger partial charge in [0.05, 0.1) is 10.6 Å². The summed E-state index contributed by atoms with van der Waals surface area (Å²) in [4.78, 5) is 4.12. The summed E-state index contributed by atoms with van der Waals surface area (Å²) < 4.78 is 27.0. The molecule has 0 spiro atoms. The highest BCUT2D eigenvalue weighted by molar-refractivity contribution is 7.92. The molecule has 0 radical (unpaired) electrons. The number of aromatic nitrogens is 1. The number of aryl methyl sites for hydroxylation is 1. The number of hydrogen-bond donors (Lipinski definition) is 2. The minimum atomic E-state index is -3.60. The second kappa shape index (κ2) is 5.38. The van der Waals surface area contributed by atoms with E-state index in [0.29, 0.717) is 12.2 Å². The van der Waals surface area contributed by atoms with Crippen molar-refractivity contribution in [2.24, 2.45) is 5.73 Å². The van der Waals surface area contributed by atoms with Crippen LogP contribution in [0, 0.1) is 6.92 Å². The lowest BCUT2D eigenvalue weighted by Gasteiger charge is -2.10. The molecule has 1 aromatic heterocycles. The van der Waals surface area contributed by atoms with Gasteiger partial charge in [-0.15, -0.1) is 0 Å². The number of pyridine rings is 1. The second-order valence-corrected chi connectivity index (χ2v) is 5.83. The van der Waals surface area contributed by atoms with Gasteiger partial charge in [0.1, 0.15) is 0 Å². The molecule has 6 heteroatoms. The zero-order chi connectivity index (χ0) is 13.9. The van der Waals surface area contributed by atoms with Crippen LogP contribution in [0.5, 0.6) is 0 Å². The van der Waals surface area contributed by atoms with Crippen LogP contribution in [0.25, 0.3) is 0 Å². The molecule has 0 atom stereocenters. The molecule has 100 valence electrons. The average molecular weight is 277 g/mol. The highest BCUT2D eigenvalue weighted by Crippen LogP contribution is 2.19. The molecule has 0 aliphatic carbocycles. The van der Waals surface area contributed by atoms with Crippen LogP contribution in [0.3, 0.4) is 0 Å². The van der Waals surface area contributed by atoms with Gasteiger partial charge in [-0.2, -0.15) is 0 Å². The number of sulfonamides is 1. The predicted molar refractivity (Wildman–Crippen MR) is 74.1 cm³/mol. The molecule has 0 fully saturated rings. The number of anilines is 1. The zero-order valence-corrected chi connectivity index (χ0v) is 11.3. The Morgan fingerprint density at radius 2 is 2.11 bits per heavy atom. The van der Waals surface area contributed by atoms with Gasteiger partial charge in [-0.1, -0.05) is 12.1 Å². The summed E-state index contributed by atoms with van der Waals surface area (Å²) in [5.41, 5.74) is 7.57. The van der Waals surface area contributed by atoms with E-state index in [-0.39, 0.29) is 4.90 Å². The van der Waals surface area contributed by atoms with Gasteiger partial charge in [-0.25, -0.2) is 8.42 Å². The number of nitrogens with zero attached hydrogens (tertiary/aromatic N) is 1. The van der Waals surface area contributed by atoms with E-state index in [0.717, 1.165) is 11.1 Å².